The smallest absolute Gasteiger partial charge is 0.272 e. The minimum Gasteiger partial charge on any atom is -0.393 e. The summed E-state index contributed by atoms with van der Waals surface area (Å²) in [4.78, 5) is 10.5. The normalized spacial score (nSPS) is 12.3. The largest absolute Gasteiger partial charge is 0.393 e. The molecule has 1 aromatic rings. The van der Waals surface area contributed by atoms with Gasteiger partial charge < -0.3 is 5.11 Å². The molecule has 0 fully saturated rings. The molecule has 1 rings (SSSR count). The van der Waals surface area contributed by atoms with E-state index in [-0.39, 0.29) is 10.6 Å². The lowest BCUT2D eigenvalue weighted by Gasteiger charge is -2.10. The highest BCUT2D eigenvalue weighted by molar-refractivity contribution is 5.40. The maximum atomic E-state index is 10.9. The molecule has 1 unspecified atom stereocenters. The average molecular weight is 279 g/mol. The summed E-state index contributed by atoms with van der Waals surface area (Å²) in [5, 5.41) is 20.9. The molecule has 4 nitrogen and oxygen atoms in total. The van der Waals surface area contributed by atoms with Gasteiger partial charge in [0, 0.05) is 18.1 Å². The highest BCUT2D eigenvalue weighted by Gasteiger charge is 2.15. The summed E-state index contributed by atoms with van der Waals surface area (Å²) in [6.07, 6.45) is 7.72. The molecular formula is C16H25NO3. The first kappa shape index (κ1) is 16.6. The van der Waals surface area contributed by atoms with Crippen LogP contribution >= 0.6 is 0 Å². The van der Waals surface area contributed by atoms with Crippen LogP contribution in [0.25, 0.3) is 0 Å². The SMILES string of the molecule is CCCCCCCCC(O)Cc1ccccc1[N+](=O)[O-]. The summed E-state index contributed by atoms with van der Waals surface area (Å²) >= 11 is 0. The molecule has 1 aromatic carbocycles. The highest BCUT2D eigenvalue weighted by Crippen LogP contribution is 2.20. The van der Waals surface area contributed by atoms with Crippen LogP contribution in [0, 0.1) is 10.1 Å². The fourth-order valence-electron chi connectivity index (χ4n) is 2.38. The third-order valence-electron chi connectivity index (χ3n) is 3.53. The van der Waals surface area contributed by atoms with E-state index in [0.29, 0.717) is 12.0 Å². The van der Waals surface area contributed by atoms with E-state index in [1.54, 1.807) is 18.2 Å². The summed E-state index contributed by atoms with van der Waals surface area (Å²) in [5.74, 6) is 0. The highest BCUT2D eigenvalue weighted by atomic mass is 16.6. The van der Waals surface area contributed by atoms with Gasteiger partial charge in [-0.1, -0.05) is 63.6 Å². The second kappa shape index (κ2) is 9.48. The zero-order valence-electron chi connectivity index (χ0n) is 12.3. The van der Waals surface area contributed by atoms with Crippen LogP contribution in [0.1, 0.15) is 57.4 Å². The number of nitrogens with zero attached hydrogens (tertiary/aromatic N) is 1. The topological polar surface area (TPSA) is 63.4 Å². The van der Waals surface area contributed by atoms with E-state index >= 15 is 0 Å². The molecule has 0 heterocycles. The van der Waals surface area contributed by atoms with Crippen LogP contribution in [0.2, 0.25) is 0 Å². The van der Waals surface area contributed by atoms with Crippen molar-refractivity contribution in [2.75, 3.05) is 0 Å². The molecule has 1 N–H and O–H groups in total. The molecule has 0 aliphatic rings. The van der Waals surface area contributed by atoms with Crippen LogP contribution < -0.4 is 0 Å². The summed E-state index contributed by atoms with van der Waals surface area (Å²) in [6.45, 7) is 2.19. The lowest BCUT2D eigenvalue weighted by Crippen LogP contribution is -2.11. The average Bonchev–Trinajstić information content (AvgIpc) is 2.43. The monoisotopic (exact) mass is 279 g/mol. The molecular weight excluding hydrogens is 254 g/mol. The third-order valence-corrected chi connectivity index (χ3v) is 3.53. The number of aliphatic hydroxyl groups excluding tert-OH is 1. The van der Waals surface area contributed by atoms with Gasteiger partial charge in [-0.15, -0.1) is 0 Å². The molecule has 1 atom stereocenters. The van der Waals surface area contributed by atoms with Crippen molar-refractivity contribution in [3.05, 3.63) is 39.9 Å². The van der Waals surface area contributed by atoms with E-state index in [1.807, 2.05) is 0 Å². The van der Waals surface area contributed by atoms with Crippen molar-refractivity contribution < 1.29 is 10.0 Å². The molecule has 0 spiro atoms. The molecule has 0 saturated carbocycles. The van der Waals surface area contributed by atoms with Gasteiger partial charge in [0.2, 0.25) is 0 Å². The Morgan fingerprint density at radius 2 is 1.80 bits per heavy atom. The van der Waals surface area contributed by atoms with Crippen molar-refractivity contribution >= 4 is 5.69 Å². The Labute approximate surface area is 121 Å². The first-order chi connectivity index (χ1) is 9.65. The number of rotatable bonds is 10. The van der Waals surface area contributed by atoms with Gasteiger partial charge in [0.1, 0.15) is 0 Å². The van der Waals surface area contributed by atoms with E-state index in [9.17, 15) is 15.2 Å². The number of nitro benzene ring substituents is 1. The summed E-state index contributed by atoms with van der Waals surface area (Å²) in [5.41, 5.74) is 0.727. The van der Waals surface area contributed by atoms with Crippen LogP contribution in [-0.2, 0) is 6.42 Å². The summed E-state index contributed by atoms with van der Waals surface area (Å²) in [7, 11) is 0. The Hall–Kier alpha value is -1.42. The fraction of sp³-hybridized carbons (Fsp3) is 0.625. The second-order valence-corrected chi connectivity index (χ2v) is 5.30. The molecule has 0 radical (unpaired) electrons. The van der Waals surface area contributed by atoms with Crippen molar-refractivity contribution in [3.8, 4) is 0 Å². The molecule has 112 valence electrons. The maximum Gasteiger partial charge on any atom is 0.272 e. The van der Waals surface area contributed by atoms with Gasteiger partial charge in [-0.2, -0.15) is 0 Å². The molecule has 4 heteroatoms. The zero-order valence-corrected chi connectivity index (χ0v) is 12.3. The maximum absolute atomic E-state index is 10.9. The number of para-hydroxylation sites is 1. The van der Waals surface area contributed by atoms with Crippen molar-refractivity contribution in [1.29, 1.82) is 0 Å². The predicted molar refractivity (Wildman–Crippen MR) is 80.8 cm³/mol. The Morgan fingerprint density at radius 1 is 1.15 bits per heavy atom. The van der Waals surface area contributed by atoms with Gasteiger partial charge in [-0.25, -0.2) is 0 Å². The van der Waals surface area contributed by atoms with Crippen molar-refractivity contribution in [2.45, 2.75) is 64.4 Å². The lowest BCUT2D eigenvalue weighted by molar-refractivity contribution is -0.385. The van der Waals surface area contributed by atoms with Crippen molar-refractivity contribution in [2.24, 2.45) is 0 Å². The Bertz CT molecular complexity index is 406. The molecule has 0 aliphatic carbocycles. The van der Waals surface area contributed by atoms with E-state index in [0.717, 1.165) is 19.3 Å². The number of nitro groups is 1. The molecule has 0 bridgehead atoms. The zero-order chi connectivity index (χ0) is 14.8. The van der Waals surface area contributed by atoms with E-state index in [4.69, 9.17) is 0 Å². The Kier molecular flexibility index (Phi) is 7.88. The Morgan fingerprint density at radius 3 is 2.50 bits per heavy atom. The van der Waals surface area contributed by atoms with Gasteiger partial charge in [-0.05, 0) is 6.42 Å². The fourth-order valence-corrected chi connectivity index (χ4v) is 2.38. The van der Waals surface area contributed by atoms with Crippen LogP contribution in [-0.4, -0.2) is 16.1 Å². The van der Waals surface area contributed by atoms with E-state index < -0.39 is 6.10 Å². The third kappa shape index (κ3) is 6.15. The quantitative estimate of drug-likeness (QED) is 0.395. The minimum absolute atomic E-state index is 0.106. The van der Waals surface area contributed by atoms with Gasteiger partial charge >= 0.3 is 0 Å². The van der Waals surface area contributed by atoms with Crippen LogP contribution in [0.3, 0.4) is 0 Å². The Balaban J connectivity index is 2.32. The van der Waals surface area contributed by atoms with Crippen LogP contribution in [0.4, 0.5) is 5.69 Å². The molecule has 20 heavy (non-hydrogen) atoms. The van der Waals surface area contributed by atoms with Gasteiger partial charge in [0.05, 0.1) is 11.0 Å². The van der Waals surface area contributed by atoms with Crippen LogP contribution in [0.15, 0.2) is 24.3 Å². The van der Waals surface area contributed by atoms with Gasteiger partial charge in [0.15, 0.2) is 0 Å². The first-order valence-corrected chi connectivity index (χ1v) is 7.55. The predicted octanol–water partition coefficient (Wildman–Crippen LogP) is 4.25. The number of hydrogen-bond donors (Lipinski definition) is 1. The minimum atomic E-state index is -0.484. The molecule has 0 saturated heterocycles. The molecule has 0 aromatic heterocycles. The summed E-state index contributed by atoms with van der Waals surface area (Å²) in [6, 6.07) is 6.65. The van der Waals surface area contributed by atoms with E-state index in [2.05, 4.69) is 6.92 Å². The second-order valence-electron chi connectivity index (χ2n) is 5.30. The van der Waals surface area contributed by atoms with Crippen LogP contribution in [0.5, 0.6) is 0 Å². The number of benzene rings is 1. The standard InChI is InChI=1S/C16H25NO3/c1-2-3-4-5-6-7-11-15(18)13-14-10-8-9-12-16(14)17(19)20/h8-10,12,15,18H,2-7,11,13H2,1H3. The number of hydrogen-bond acceptors (Lipinski definition) is 3. The number of unbranched alkanes of at least 4 members (excludes halogenated alkanes) is 5. The van der Waals surface area contributed by atoms with Gasteiger partial charge in [0.25, 0.3) is 5.69 Å². The summed E-state index contributed by atoms with van der Waals surface area (Å²) < 4.78 is 0. The first-order valence-electron chi connectivity index (χ1n) is 7.55. The lowest BCUT2D eigenvalue weighted by atomic mass is 10.0. The van der Waals surface area contributed by atoms with E-state index in [1.165, 1.54) is 31.7 Å². The molecule has 0 amide bonds. The van der Waals surface area contributed by atoms with Gasteiger partial charge in [-0.3, -0.25) is 10.1 Å². The number of aliphatic hydroxyl groups is 1. The molecule has 0 aliphatic heterocycles. The van der Waals surface area contributed by atoms with Crippen molar-refractivity contribution in [1.82, 2.24) is 0 Å². The van der Waals surface area contributed by atoms with Crippen molar-refractivity contribution in [3.63, 3.8) is 0 Å².